The van der Waals surface area contributed by atoms with E-state index >= 15 is 0 Å². The SMILES string of the molecule is C.C.CC1(C)OB(C2=CCOCC2)OC1(C)C.CC1CCC(c2nc3c4c(ncc3[nH]2)CC=C4Br)CC1.CC1CCC(c2nc3c4c(ncc3[nH]2)CC=C4C2=CCOCC2)CC1. The molecule has 0 atom stereocenters. The quantitative estimate of drug-likeness (QED) is 0.194. The number of aromatic amines is 2. The lowest BCUT2D eigenvalue weighted by Crippen LogP contribution is -2.41. The van der Waals surface area contributed by atoms with Gasteiger partial charge in [0.05, 0.1) is 78.0 Å². The van der Waals surface area contributed by atoms with Gasteiger partial charge in [-0.3, -0.25) is 9.97 Å². The third-order valence-corrected chi connectivity index (χ3v) is 15.1. The Morgan fingerprint density at radius 2 is 1.15 bits per heavy atom. The molecule has 4 aromatic rings. The van der Waals surface area contributed by atoms with Gasteiger partial charge in [0.2, 0.25) is 0 Å². The van der Waals surface area contributed by atoms with Crippen LogP contribution >= 0.6 is 15.9 Å². The lowest BCUT2D eigenvalue weighted by atomic mass is 9.75. The highest BCUT2D eigenvalue weighted by molar-refractivity contribution is 9.15. The second-order valence-corrected chi connectivity index (χ2v) is 20.0. The van der Waals surface area contributed by atoms with Gasteiger partial charge in [-0.15, -0.1) is 0 Å². The summed E-state index contributed by atoms with van der Waals surface area (Å²) in [5.41, 5.74) is 12.6. The number of H-pyrrole nitrogens is 2. The van der Waals surface area contributed by atoms with Gasteiger partial charge in [-0.1, -0.05) is 94.6 Å². The number of rotatable bonds is 4. The van der Waals surface area contributed by atoms with Crippen LogP contribution in [0.2, 0.25) is 0 Å². The predicted molar refractivity (Wildman–Crippen MR) is 257 cm³/mol. The third kappa shape index (κ3) is 9.51. The van der Waals surface area contributed by atoms with Crippen molar-refractivity contribution in [3.05, 3.63) is 81.9 Å². The van der Waals surface area contributed by atoms with Crippen LogP contribution in [0.15, 0.2) is 47.7 Å². The fourth-order valence-corrected chi connectivity index (χ4v) is 10.3. The summed E-state index contributed by atoms with van der Waals surface area (Å²) < 4.78 is 23.8. The summed E-state index contributed by atoms with van der Waals surface area (Å²) in [6.45, 7) is 16.0. The highest BCUT2D eigenvalue weighted by Gasteiger charge is 2.52. The number of fused-ring (bicyclic) bond motifs is 6. The molecular formula is C50H70BBrN6O4. The highest BCUT2D eigenvalue weighted by Crippen LogP contribution is 2.42. The van der Waals surface area contributed by atoms with Gasteiger partial charge in [0, 0.05) is 40.3 Å². The molecule has 0 radical (unpaired) electrons. The minimum absolute atomic E-state index is 0. The highest BCUT2D eigenvalue weighted by atomic mass is 79.9. The van der Waals surface area contributed by atoms with E-state index in [2.05, 4.69) is 96.7 Å². The van der Waals surface area contributed by atoms with Gasteiger partial charge in [0.15, 0.2) is 0 Å². The van der Waals surface area contributed by atoms with Crippen LogP contribution in [0, 0.1) is 11.8 Å². The van der Waals surface area contributed by atoms with Gasteiger partial charge in [-0.05, 0) is 94.7 Å². The van der Waals surface area contributed by atoms with Crippen molar-refractivity contribution < 1.29 is 18.8 Å². The fraction of sp³-hybridized carbons (Fsp3) is 0.600. The Morgan fingerprint density at radius 3 is 1.66 bits per heavy atom. The van der Waals surface area contributed by atoms with E-state index < -0.39 is 0 Å². The first kappa shape index (κ1) is 46.6. The molecule has 0 amide bonds. The van der Waals surface area contributed by atoms with E-state index in [9.17, 15) is 0 Å². The van der Waals surface area contributed by atoms with Crippen molar-refractivity contribution in [3.8, 4) is 0 Å². The molecule has 0 aromatic carbocycles. The first-order valence-electron chi connectivity index (χ1n) is 22.6. The molecule has 3 fully saturated rings. The molecule has 0 bridgehead atoms. The number of nitrogens with zero attached hydrogens (tertiary/aromatic N) is 4. The summed E-state index contributed by atoms with van der Waals surface area (Å²) in [7, 11) is -0.182. The van der Waals surface area contributed by atoms with E-state index in [0.717, 1.165) is 95.4 Å². The Bertz CT molecular complexity index is 2330. The lowest BCUT2D eigenvalue weighted by Gasteiger charge is -2.32. The molecule has 11 rings (SSSR count). The zero-order chi connectivity index (χ0) is 41.6. The molecule has 62 heavy (non-hydrogen) atoms. The van der Waals surface area contributed by atoms with Gasteiger partial charge in [0.1, 0.15) is 17.2 Å². The Morgan fingerprint density at radius 1 is 0.645 bits per heavy atom. The largest absolute Gasteiger partial charge is 0.490 e. The number of pyridine rings is 2. The zero-order valence-electron chi connectivity index (χ0n) is 36.5. The van der Waals surface area contributed by atoms with Crippen LogP contribution in [-0.2, 0) is 31.6 Å². The van der Waals surface area contributed by atoms with E-state index in [0.29, 0.717) is 18.4 Å². The fourth-order valence-electron chi connectivity index (χ4n) is 9.77. The molecule has 0 spiro atoms. The van der Waals surface area contributed by atoms with Crippen LogP contribution in [0.3, 0.4) is 0 Å². The van der Waals surface area contributed by atoms with Crippen LogP contribution in [0.25, 0.3) is 32.1 Å². The van der Waals surface area contributed by atoms with E-state index in [1.54, 1.807) is 0 Å². The minimum atomic E-state index is -0.239. The van der Waals surface area contributed by atoms with Crippen molar-refractivity contribution in [1.29, 1.82) is 0 Å². The normalized spacial score (nSPS) is 26.0. The first-order chi connectivity index (χ1) is 28.9. The molecule has 334 valence electrons. The molecule has 1 saturated heterocycles. The van der Waals surface area contributed by atoms with Crippen LogP contribution in [-0.4, -0.2) is 74.7 Å². The number of nitrogens with one attached hydrogen (secondary N) is 2. The topological polar surface area (TPSA) is 120 Å². The van der Waals surface area contributed by atoms with Crippen molar-refractivity contribution in [2.24, 2.45) is 11.8 Å². The summed E-state index contributed by atoms with van der Waals surface area (Å²) in [6, 6.07) is 0. The molecule has 4 aliphatic carbocycles. The number of hydrogen-bond acceptors (Lipinski definition) is 8. The molecule has 3 aliphatic heterocycles. The van der Waals surface area contributed by atoms with E-state index in [-0.39, 0.29) is 33.2 Å². The number of allylic oxidation sites excluding steroid dienone is 3. The second-order valence-electron chi connectivity index (χ2n) is 19.2. The molecule has 0 unspecified atom stereocenters. The van der Waals surface area contributed by atoms with Gasteiger partial charge in [0.25, 0.3) is 0 Å². The molecule has 12 heteroatoms. The number of aromatic nitrogens is 6. The number of imidazole rings is 2. The summed E-state index contributed by atoms with van der Waals surface area (Å²) >= 11 is 3.64. The monoisotopic (exact) mass is 908 g/mol. The molecule has 7 heterocycles. The zero-order valence-corrected chi connectivity index (χ0v) is 38.1. The molecule has 2 saturated carbocycles. The van der Waals surface area contributed by atoms with Gasteiger partial charge in [-0.25, -0.2) is 9.97 Å². The van der Waals surface area contributed by atoms with E-state index in [1.165, 1.54) is 90.6 Å². The second kappa shape index (κ2) is 19.4. The smallest absolute Gasteiger partial charge is 0.400 e. The first-order valence-corrected chi connectivity index (χ1v) is 23.4. The summed E-state index contributed by atoms with van der Waals surface area (Å²) in [6.07, 6.45) is 26.7. The Hall–Kier alpha value is -3.42. The average Bonchev–Trinajstić information content (AvgIpc) is 4.09. The van der Waals surface area contributed by atoms with Crippen molar-refractivity contribution in [2.75, 3.05) is 26.4 Å². The minimum Gasteiger partial charge on any atom is -0.400 e. The Balaban J connectivity index is 0.000000142. The van der Waals surface area contributed by atoms with Gasteiger partial charge < -0.3 is 28.8 Å². The van der Waals surface area contributed by atoms with Crippen molar-refractivity contribution >= 4 is 55.2 Å². The number of halogens is 1. The van der Waals surface area contributed by atoms with Crippen LogP contribution in [0.1, 0.15) is 167 Å². The number of hydrogen-bond donors (Lipinski definition) is 2. The predicted octanol–water partition coefficient (Wildman–Crippen LogP) is 12.3. The van der Waals surface area contributed by atoms with Crippen LogP contribution in [0.4, 0.5) is 0 Å². The van der Waals surface area contributed by atoms with Crippen molar-refractivity contribution in [3.63, 3.8) is 0 Å². The maximum atomic E-state index is 5.96. The Kier molecular flexibility index (Phi) is 14.5. The molecular weight excluding hydrogens is 839 g/mol. The maximum Gasteiger partial charge on any atom is 0.490 e. The number of ether oxygens (including phenoxy) is 2. The molecule has 7 aliphatic rings. The molecule has 2 N–H and O–H groups in total. The van der Waals surface area contributed by atoms with Crippen molar-refractivity contribution in [1.82, 2.24) is 29.9 Å². The van der Waals surface area contributed by atoms with Gasteiger partial charge >= 0.3 is 7.12 Å². The maximum absolute atomic E-state index is 5.96. The summed E-state index contributed by atoms with van der Waals surface area (Å²) in [5, 5.41) is 0. The Labute approximate surface area is 378 Å². The van der Waals surface area contributed by atoms with Gasteiger partial charge in [-0.2, -0.15) is 0 Å². The summed E-state index contributed by atoms with van der Waals surface area (Å²) in [5.74, 6) is 5.24. The van der Waals surface area contributed by atoms with E-state index in [1.807, 2.05) is 12.4 Å². The lowest BCUT2D eigenvalue weighted by molar-refractivity contribution is 0.00578. The van der Waals surface area contributed by atoms with Crippen molar-refractivity contribution in [2.45, 2.75) is 156 Å². The van der Waals surface area contributed by atoms with E-state index in [4.69, 9.17) is 33.7 Å². The molecule has 4 aromatic heterocycles. The standard InChI is InChI=1S/C21H25N3O.C16H18BrN3.C11H19BO3.2CH4/c1-13-2-4-15(5-3-13)21-23-18-12-22-17-7-6-16(19(17)20(18)24-21)14-8-10-25-11-9-14;1-9-2-4-10(5-3-9)16-19-13-8-18-12-7-6-11(17)14(12)15(13)20-16;1-10(2)11(3,4)15-12(14-10)9-5-7-13-8-6-9;;/h6,8,12-13,15H,2-5,7,9-11H2,1H3,(H,23,24);6,8-10H,2-5,7H2,1H3,(H,19,20);5H,6-8H2,1-4H3;2*1H4. The van der Waals surface area contributed by atoms with Crippen LogP contribution < -0.4 is 0 Å². The average molecular weight is 910 g/mol. The molecule has 10 nitrogen and oxygen atoms in total. The van der Waals surface area contributed by atoms with Crippen LogP contribution in [0.5, 0.6) is 0 Å². The third-order valence-electron chi connectivity index (χ3n) is 14.4. The summed E-state index contributed by atoms with van der Waals surface area (Å²) in [4.78, 5) is 26.4.